The highest BCUT2D eigenvalue weighted by molar-refractivity contribution is 6.31. The number of hydrogen-bond donors (Lipinski definition) is 2. The molecule has 2 aromatic rings. The Labute approximate surface area is 119 Å². The van der Waals surface area contributed by atoms with Crippen LogP contribution in [0.2, 0.25) is 5.02 Å². The number of carbonyl (C=O) groups is 1. The highest BCUT2D eigenvalue weighted by atomic mass is 35.5. The van der Waals surface area contributed by atoms with Gasteiger partial charge < -0.3 is 14.9 Å². The van der Waals surface area contributed by atoms with Crippen LogP contribution < -0.4 is 9.64 Å². The standard InChI is InChI=1S/C14H10ClNO4/c15-9-2-4-12-11(5-9)16(14(18)19)7-8-1-3-10(17)6-13(8)20-12/h1-6,17H,7H2,(H,18,19). The van der Waals surface area contributed by atoms with Crippen molar-refractivity contribution >= 4 is 23.4 Å². The molecule has 3 rings (SSSR count). The van der Waals surface area contributed by atoms with Crippen molar-refractivity contribution < 1.29 is 19.7 Å². The number of halogens is 1. The second-order valence-corrected chi connectivity index (χ2v) is 4.81. The molecule has 0 radical (unpaired) electrons. The summed E-state index contributed by atoms with van der Waals surface area (Å²) in [6.07, 6.45) is -1.10. The van der Waals surface area contributed by atoms with Crippen LogP contribution in [0.3, 0.4) is 0 Å². The van der Waals surface area contributed by atoms with Gasteiger partial charge in [-0.1, -0.05) is 11.6 Å². The topological polar surface area (TPSA) is 70.0 Å². The van der Waals surface area contributed by atoms with Gasteiger partial charge in [-0.05, 0) is 30.3 Å². The zero-order valence-corrected chi connectivity index (χ0v) is 11.0. The molecule has 0 saturated carbocycles. The molecular weight excluding hydrogens is 282 g/mol. The summed E-state index contributed by atoms with van der Waals surface area (Å²) in [6.45, 7) is 0.123. The predicted molar refractivity (Wildman–Crippen MR) is 73.8 cm³/mol. The Morgan fingerprint density at radius 2 is 2.00 bits per heavy atom. The number of phenolic OH excluding ortho intramolecular Hbond substituents is 1. The Kier molecular flexibility index (Phi) is 2.91. The summed E-state index contributed by atoms with van der Waals surface area (Å²) in [4.78, 5) is 12.6. The fourth-order valence-corrected chi connectivity index (χ4v) is 2.27. The normalized spacial score (nSPS) is 12.9. The molecule has 0 fully saturated rings. The van der Waals surface area contributed by atoms with Crippen LogP contribution in [0.25, 0.3) is 0 Å². The number of carboxylic acid groups (broad SMARTS) is 1. The maximum Gasteiger partial charge on any atom is 0.412 e. The van der Waals surface area contributed by atoms with E-state index in [2.05, 4.69) is 0 Å². The lowest BCUT2D eigenvalue weighted by atomic mass is 10.2. The van der Waals surface area contributed by atoms with E-state index < -0.39 is 6.09 Å². The lowest BCUT2D eigenvalue weighted by Crippen LogP contribution is -2.27. The van der Waals surface area contributed by atoms with Crippen molar-refractivity contribution in [3.63, 3.8) is 0 Å². The second kappa shape index (κ2) is 4.61. The molecule has 0 aliphatic carbocycles. The van der Waals surface area contributed by atoms with Crippen molar-refractivity contribution in [1.82, 2.24) is 0 Å². The van der Waals surface area contributed by atoms with Gasteiger partial charge in [0.25, 0.3) is 0 Å². The predicted octanol–water partition coefficient (Wildman–Crippen LogP) is 3.84. The number of nitrogens with zero attached hydrogens (tertiary/aromatic N) is 1. The molecule has 0 aromatic heterocycles. The zero-order chi connectivity index (χ0) is 14.3. The number of fused-ring (bicyclic) bond motifs is 2. The first kappa shape index (κ1) is 12.6. The summed E-state index contributed by atoms with van der Waals surface area (Å²) in [6, 6.07) is 9.34. The number of ether oxygens (including phenoxy) is 1. The lowest BCUT2D eigenvalue weighted by Gasteiger charge is -2.18. The number of rotatable bonds is 0. The average Bonchev–Trinajstić information content (AvgIpc) is 2.54. The fraction of sp³-hybridized carbons (Fsp3) is 0.0714. The molecule has 1 aliphatic heterocycles. The van der Waals surface area contributed by atoms with Gasteiger partial charge in [0.1, 0.15) is 11.5 Å². The first-order valence-electron chi connectivity index (χ1n) is 5.84. The number of anilines is 1. The molecule has 0 spiro atoms. The molecule has 0 unspecified atom stereocenters. The van der Waals surface area contributed by atoms with Crippen molar-refractivity contribution in [2.75, 3.05) is 4.90 Å². The van der Waals surface area contributed by atoms with Gasteiger partial charge in [-0.2, -0.15) is 0 Å². The molecule has 0 saturated heterocycles. The van der Waals surface area contributed by atoms with E-state index in [1.165, 1.54) is 18.2 Å². The summed E-state index contributed by atoms with van der Waals surface area (Å²) in [5.74, 6) is 0.863. The molecule has 1 heterocycles. The second-order valence-electron chi connectivity index (χ2n) is 4.37. The maximum atomic E-state index is 11.4. The molecule has 6 heteroatoms. The number of aromatic hydroxyl groups is 1. The first-order valence-corrected chi connectivity index (χ1v) is 6.22. The Balaban J connectivity index is 2.18. The maximum absolute atomic E-state index is 11.4. The highest BCUT2D eigenvalue weighted by Crippen LogP contribution is 2.41. The van der Waals surface area contributed by atoms with E-state index in [1.807, 2.05) is 0 Å². The van der Waals surface area contributed by atoms with Gasteiger partial charge in [-0.3, -0.25) is 4.90 Å². The van der Waals surface area contributed by atoms with Crippen LogP contribution in [-0.2, 0) is 6.54 Å². The minimum atomic E-state index is -1.10. The molecule has 1 aliphatic rings. The number of phenols is 1. The van der Waals surface area contributed by atoms with Gasteiger partial charge in [-0.15, -0.1) is 0 Å². The van der Waals surface area contributed by atoms with E-state index in [-0.39, 0.29) is 12.3 Å². The van der Waals surface area contributed by atoms with Crippen molar-refractivity contribution in [1.29, 1.82) is 0 Å². The number of amides is 1. The first-order chi connectivity index (χ1) is 9.54. The molecule has 2 N–H and O–H groups in total. The van der Waals surface area contributed by atoms with E-state index >= 15 is 0 Å². The van der Waals surface area contributed by atoms with Crippen molar-refractivity contribution in [2.45, 2.75) is 6.54 Å². The van der Waals surface area contributed by atoms with Crippen LogP contribution in [-0.4, -0.2) is 16.3 Å². The Morgan fingerprint density at radius 1 is 1.20 bits per heavy atom. The van der Waals surface area contributed by atoms with Crippen LogP contribution in [0.4, 0.5) is 10.5 Å². The average molecular weight is 292 g/mol. The van der Waals surface area contributed by atoms with E-state index in [4.69, 9.17) is 16.3 Å². The van der Waals surface area contributed by atoms with Crippen LogP contribution in [0.15, 0.2) is 36.4 Å². The smallest absolute Gasteiger partial charge is 0.412 e. The minimum Gasteiger partial charge on any atom is -0.508 e. The molecule has 0 bridgehead atoms. The molecular formula is C14H10ClNO4. The summed E-state index contributed by atoms with van der Waals surface area (Å²) in [7, 11) is 0. The van der Waals surface area contributed by atoms with E-state index in [0.717, 1.165) is 4.90 Å². The third-order valence-electron chi connectivity index (χ3n) is 3.04. The third kappa shape index (κ3) is 2.12. The van der Waals surface area contributed by atoms with Gasteiger partial charge in [0, 0.05) is 16.7 Å². The largest absolute Gasteiger partial charge is 0.508 e. The molecule has 2 aromatic carbocycles. The quantitative estimate of drug-likeness (QED) is 0.774. The fourth-order valence-electron chi connectivity index (χ4n) is 2.10. The van der Waals surface area contributed by atoms with Crippen LogP contribution in [0.1, 0.15) is 5.56 Å². The monoisotopic (exact) mass is 291 g/mol. The zero-order valence-electron chi connectivity index (χ0n) is 10.2. The van der Waals surface area contributed by atoms with Gasteiger partial charge in [0.2, 0.25) is 0 Å². The van der Waals surface area contributed by atoms with Crippen molar-refractivity contribution in [3.05, 3.63) is 47.0 Å². The van der Waals surface area contributed by atoms with Crippen molar-refractivity contribution in [2.24, 2.45) is 0 Å². The molecule has 0 atom stereocenters. The Hall–Kier alpha value is -2.40. The summed E-state index contributed by atoms with van der Waals surface area (Å²) in [5.41, 5.74) is 1.04. The lowest BCUT2D eigenvalue weighted by molar-refractivity contribution is 0.201. The van der Waals surface area contributed by atoms with Gasteiger partial charge in [0.05, 0.1) is 12.2 Å². The Morgan fingerprint density at radius 3 is 2.75 bits per heavy atom. The van der Waals surface area contributed by atoms with Gasteiger partial charge >= 0.3 is 6.09 Å². The van der Waals surface area contributed by atoms with E-state index in [9.17, 15) is 15.0 Å². The van der Waals surface area contributed by atoms with Crippen LogP contribution >= 0.6 is 11.6 Å². The summed E-state index contributed by atoms with van der Waals surface area (Å²) >= 11 is 5.92. The third-order valence-corrected chi connectivity index (χ3v) is 3.28. The van der Waals surface area contributed by atoms with Gasteiger partial charge in [0.15, 0.2) is 5.75 Å². The minimum absolute atomic E-state index is 0.0584. The number of hydrogen-bond acceptors (Lipinski definition) is 3. The van der Waals surface area contributed by atoms with Crippen LogP contribution in [0, 0.1) is 0 Å². The molecule has 102 valence electrons. The molecule has 20 heavy (non-hydrogen) atoms. The molecule has 5 nitrogen and oxygen atoms in total. The van der Waals surface area contributed by atoms with Crippen molar-refractivity contribution in [3.8, 4) is 17.2 Å². The van der Waals surface area contributed by atoms with E-state index in [1.54, 1.807) is 18.2 Å². The number of benzene rings is 2. The molecule has 1 amide bonds. The SMILES string of the molecule is O=C(O)N1Cc2ccc(O)cc2Oc2ccc(Cl)cc21. The van der Waals surface area contributed by atoms with Crippen LogP contribution in [0.5, 0.6) is 17.2 Å². The highest BCUT2D eigenvalue weighted by Gasteiger charge is 2.25. The summed E-state index contributed by atoms with van der Waals surface area (Å²) in [5, 5.41) is 19.3. The Bertz CT molecular complexity index is 702. The summed E-state index contributed by atoms with van der Waals surface area (Å²) < 4.78 is 5.70. The van der Waals surface area contributed by atoms with E-state index in [0.29, 0.717) is 27.8 Å². The van der Waals surface area contributed by atoms with Gasteiger partial charge in [-0.25, -0.2) is 4.79 Å².